The monoisotopic (exact) mass is 570 g/mol. The highest BCUT2D eigenvalue weighted by atomic mass is 32.1. The number of methoxy groups -OCH3 is 1. The van der Waals surface area contributed by atoms with Crippen LogP contribution in [0.4, 0.5) is 15.9 Å². The van der Waals surface area contributed by atoms with E-state index in [-0.39, 0.29) is 17.7 Å². The van der Waals surface area contributed by atoms with Crippen LogP contribution in [0.25, 0.3) is 21.5 Å². The minimum absolute atomic E-state index is 0.143. The van der Waals surface area contributed by atoms with Crippen LogP contribution in [0, 0.1) is 5.82 Å². The van der Waals surface area contributed by atoms with Gasteiger partial charge in [0.05, 0.1) is 47.5 Å². The molecule has 0 radical (unpaired) electrons. The van der Waals surface area contributed by atoms with Crippen molar-refractivity contribution in [1.29, 1.82) is 0 Å². The molecule has 41 heavy (non-hydrogen) atoms. The molecule has 1 amide bonds. The van der Waals surface area contributed by atoms with E-state index in [9.17, 15) is 4.79 Å². The van der Waals surface area contributed by atoms with Crippen molar-refractivity contribution in [2.24, 2.45) is 0 Å². The number of pyridine rings is 1. The molecule has 0 aliphatic carbocycles. The van der Waals surface area contributed by atoms with Crippen LogP contribution in [0.5, 0.6) is 23.0 Å². The molecule has 0 unspecified atom stereocenters. The van der Waals surface area contributed by atoms with Gasteiger partial charge < -0.3 is 24.4 Å². The number of thiazole rings is 1. The number of fused-ring (bicyclic) bond motifs is 1. The number of hydrogen-bond acceptors (Lipinski definition) is 10. The summed E-state index contributed by atoms with van der Waals surface area (Å²) in [5.41, 5.74) is 3.23. The van der Waals surface area contributed by atoms with Gasteiger partial charge in [-0.2, -0.15) is 0 Å². The molecule has 2 aromatic carbocycles. The lowest BCUT2D eigenvalue weighted by Crippen LogP contribution is -2.55. The van der Waals surface area contributed by atoms with Gasteiger partial charge in [-0.15, -0.1) is 11.3 Å². The van der Waals surface area contributed by atoms with Gasteiger partial charge >= 0.3 is 0 Å². The van der Waals surface area contributed by atoms with Crippen LogP contribution in [0.15, 0.2) is 79.4 Å². The number of nitrogens with zero attached hydrogens (tertiary/aromatic N) is 5. The molecule has 3 aromatic heterocycles. The molecule has 1 aliphatic rings. The van der Waals surface area contributed by atoms with Crippen LogP contribution in [-0.4, -0.2) is 57.0 Å². The number of benzene rings is 2. The Hall–Kier alpha value is -5.10. The molecule has 1 aliphatic heterocycles. The topological polar surface area (TPSA) is 112 Å². The van der Waals surface area contributed by atoms with Crippen LogP contribution >= 0.6 is 11.3 Å². The van der Waals surface area contributed by atoms with E-state index >= 15 is 4.39 Å². The third-order valence-electron chi connectivity index (χ3n) is 6.39. The quantitative estimate of drug-likeness (QED) is 0.226. The molecule has 4 heterocycles. The molecular weight excluding hydrogens is 547 g/mol. The fourth-order valence-electron chi connectivity index (χ4n) is 4.29. The summed E-state index contributed by atoms with van der Waals surface area (Å²) in [6.07, 6.45) is 5.82. The lowest BCUT2D eigenvalue weighted by atomic mass is 10.1. The Balaban J connectivity index is 1.21. The van der Waals surface area contributed by atoms with E-state index in [1.165, 1.54) is 36.9 Å². The minimum atomic E-state index is -0.530. The lowest BCUT2D eigenvalue weighted by molar-refractivity contribution is -0.134. The van der Waals surface area contributed by atoms with Gasteiger partial charge in [0.25, 0.3) is 0 Å². The number of aromatic nitrogens is 4. The standard InChI is InChI=1S/C29H23FN6O4S/c1-3-28(37)36-13-19(14-36)40-26-10-20-23(11-25(26)38-2)33-15-34-29(20)35-22-5-4-17(8-21(22)30)39-18-6-7-32-24(9-18)27-12-31-16-41-27/h3-12,15-16,19H,1,13-14H2,2H3,(H,33,34,35). The number of halogens is 1. The highest BCUT2D eigenvalue weighted by Crippen LogP contribution is 2.37. The minimum Gasteiger partial charge on any atom is -0.493 e. The van der Waals surface area contributed by atoms with Crippen LogP contribution < -0.4 is 19.5 Å². The predicted octanol–water partition coefficient (Wildman–Crippen LogP) is 5.61. The van der Waals surface area contributed by atoms with E-state index in [2.05, 4.69) is 31.8 Å². The molecule has 0 bridgehead atoms. The van der Waals surface area contributed by atoms with Crippen LogP contribution in [0.2, 0.25) is 0 Å². The van der Waals surface area contributed by atoms with Crippen molar-refractivity contribution >= 4 is 39.7 Å². The van der Waals surface area contributed by atoms with Gasteiger partial charge in [-0.05, 0) is 30.3 Å². The fraction of sp³-hybridized carbons (Fsp3) is 0.138. The molecular formula is C29H23FN6O4S. The second-order valence-electron chi connectivity index (χ2n) is 9.04. The first-order valence-electron chi connectivity index (χ1n) is 12.5. The molecule has 5 aromatic rings. The maximum absolute atomic E-state index is 15.2. The van der Waals surface area contributed by atoms with E-state index in [0.29, 0.717) is 52.8 Å². The Kier molecular flexibility index (Phi) is 7.13. The van der Waals surface area contributed by atoms with Gasteiger partial charge in [-0.3, -0.25) is 14.8 Å². The first kappa shape index (κ1) is 26.1. The van der Waals surface area contributed by atoms with E-state index < -0.39 is 5.82 Å². The lowest BCUT2D eigenvalue weighted by Gasteiger charge is -2.38. The van der Waals surface area contributed by atoms with E-state index in [0.717, 1.165) is 10.6 Å². The van der Waals surface area contributed by atoms with Gasteiger partial charge in [0.1, 0.15) is 35.6 Å². The summed E-state index contributed by atoms with van der Waals surface area (Å²) in [6, 6.07) is 11.5. The number of carbonyl (C=O) groups excluding carboxylic acids is 1. The smallest absolute Gasteiger partial charge is 0.246 e. The van der Waals surface area contributed by atoms with Crippen molar-refractivity contribution in [3.63, 3.8) is 0 Å². The Morgan fingerprint density at radius 1 is 1.12 bits per heavy atom. The van der Waals surface area contributed by atoms with E-state index in [1.807, 2.05) is 0 Å². The average Bonchev–Trinajstić information content (AvgIpc) is 3.51. The molecule has 0 spiro atoms. The predicted molar refractivity (Wildman–Crippen MR) is 152 cm³/mol. The van der Waals surface area contributed by atoms with E-state index in [4.69, 9.17) is 14.2 Å². The zero-order valence-corrected chi connectivity index (χ0v) is 22.6. The number of nitrogens with one attached hydrogen (secondary N) is 1. The number of anilines is 2. The number of carbonyl (C=O) groups is 1. The molecule has 12 heteroatoms. The number of rotatable bonds is 9. The molecule has 1 fully saturated rings. The van der Waals surface area contributed by atoms with Crippen LogP contribution in [-0.2, 0) is 4.79 Å². The molecule has 206 valence electrons. The Labute approximate surface area is 238 Å². The molecule has 10 nitrogen and oxygen atoms in total. The summed E-state index contributed by atoms with van der Waals surface area (Å²) >= 11 is 1.47. The fourth-order valence-corrected chi connectivity index (χ4v) is 4.88. The van der Waals surface area contributed by atoms with E-state index in [1.54, 1.807) is 59.2 Å². The normalized spacial score (nSPS) is 13.0. The second-order valence-corrected chi connectivity index (χ2v) is 9.93. The van der Waals surface area contributed by atoms with Gasteiger partial charge in [0.2, 0.25) is 5.91 Å². The zero-order chi connectivity index (χ0) is 28.3. The number of hydrogen-bond donors (Lipinski definition) is 1. The Morgan fingerprint density at radius 3 is 2.73 bits per heavy atom. The van der Waals surface area contributed by atoms with Crippen molar-refractivity contribution in [3.05, 3.63) is 85.2 Å². The van der Waals surface area contributed by atoms with Gasteiger partial charge in [0.15, 0.2) is 11.5 Å². The summed E-state index contributed by atoms with van der Waals surface area (Å²) in [7, 11) is 1.54. The first-order valence-corrected chi connectivity index (χ1v) is 13.4. The Morgan fingerprint density at radius 2 is 1.98 bits per heavy atom. The number of amides is 1. The maximum Gasteiger partial charge on any atom is 0.246 e. The average molecular weight is 571 g/mol. The van der Waals surface area contributed by atoms with Gasteiger partial charge in [-0.1, -0.05) is 6.58 Å². The summed E-state index contributed by atoms with van der Waals surface area (Å²) in [5, 5.41) is 3.66. The third-order valence-corrected chi connectivity index (χ3v) is 7.19. The first-order chi connectivity index (χ1) is 20.0. The van der Waals surface area contributed by atoms with Gasteiger partial charge in [-0.25, -0.2) is 14.4 Å². The van der Waals surface area contributed by atoms with Crippen molar-refractivity contribution in [2.45, 2.75) is 6.10 Å². The van der Waals surface area contributed by atoms with Crippen LogP contribution in [0.3, 0.4) is 0 Å². The largest absolute Gasteiger partial charge is 0.493 e. The second kappa shape index (κ2) is 11.2. The number of likely N-dealkylation sites (tertiary alicyclic amines) is 1. The Bertz CT molecular complexity index is 1740. The summed E-state index contributed by atoms with van der Waals surface area (Å²) < 4.78 is 32.7. The SMILES string of the molecule is C=CC(=O)N1CC(Oc2cc3c(Nc4ccc(Oc5ccnc(-c6cncs6)c5)cc4F)ncnc3cc2OC)C1. The van der Waals surface area contributed by atoms with Crippen molar-refractivity contribution in [3.8, 4) is 33.6 Å². The van der Waals surface area contributed by atoms with Crippen LogP contribution in [0.1, 0.15) is 0 Å². The van der Waals surface area contributed by atoms with Crippen molar-refractivity contribution in [2.75, 3.05) is 25.5 Å². The zero-order valence-electron chi connectivity index (χ0n) is 21.8. The third kappa shape index (κ3) is 5.50. The van der Waals surface area contributed by atoms with Gasteiger partial charge in [0, 0.05) is 36.0 Å². The molecule has 0 atom stereocenters. The molecule has 6 rings (SSSR count). The molecule has 1 N–H and O–H groups in total. The highest BCUT2D eigenvalue weighted by molar-refractivity contribution is 7.13. The van der Waals surface area contributed by atoms with Crippen molar-refractivity contribution in [1.82, 2.24) is 24.8 Å². The highest BCUT2D eigenvalue weighted by Gasteiger charge is 2.31. The summed E-state index contributed by atoms with van der Waals surface area (Å²) in [5.74, 6) is 1.51. The maximum atomic E-state index is 15.2. The summed E-state index contributed by atoms with van der Waals surface area (Å²) in [6.45, 7) is 4.39. The van der Waals surface area contributed by atoms with Crippen molar-refractivity contribution < 1.29 is 23.4 Å². The molecule has 0 saturated carbocycles. The summed E-state index contributed by atoms with van der Waals surface area (Å²) in [4.78, 5) is 31.4. The molecule has 1 saturated heterocycles. The number of ether oxygens (including phenoxy) is 3.